The number of amides is 4. The van der Waals surface area contributed by atoms with E-state index < -0.39 is 72.5 Å². The first-order chi connectivity index (χ1) is 13.4. The van der Waals surface area contributed by atoms with E-state index >= 15 is 0 Å². The van der Waals surface area contributed by atoms with Crippen LogP contribution in [0, 0.1) is 5.92 Å². The van der Waals surface area contributed by atoms with E-state index in [2.05, 4.69) is 10.6 Å². The standard InChI is InChI=1S/C16H27N5O8/c1-7(2)13(21-11(23)6-17)15(27)19-8(3-4-12(24)25)14(26)20-9(16(28)29)5-10(18)22/h7-9,13H,3-6,17H2,1-2H3,(H2,18,22)(H,19,27)(H,20,26)(H,21,23)(H,24,25)(H,28,29). The van der Waals surface area contributed by atoms with E-state index in [1.807, 2.05) is 5.32 Å². The van der Waals surface area contributed by atoms with Gasteiger partial charge in [-0.05, 0) is 12.3 Å². The third kappa shape index (κ3) is 10.0. The zero-order valence-corrected chi connectivity index (χ0v) is 16.1. The zero-order valence-electron chi connectivity index (χ0n) is 16.1. The molecule has 0 saturated carbocycles. The minimum atomic E-state index is -1.65. The Kier molecular flexibility index (Phi) is 10.9. The molecular formula is C16H27N5O8. The van der Waals surface area contributed by atoms with Gasteiger partial charge in [-0.15, -0.1) is 0 Å². The second-order valence-electron chi connectivity index (χ2n) is 6.56. The van der Waals surface area contributed by atoms with Crippen molar-refractivity contribution in [1.29, 1.82) is 0 Å². The largest absolute Gasteiger partial charge is 0.481 e. The predicted octanol–water partition coefficient (Wildman–Crippen LogP) is -3.12. The summed E-state index contributed by atoms with van der Waals surface area (Å²) in [7, 11) is 0. The minimum Gasteiger partial charge on any atom is -0.481 e. The van der Waals surface area contributed by atoms with Crippen LogP contribution in [0.2, 0.25) is 0 Å². The fraction of sp³-hybridized carbons (Fsp3) is 0.625. The first-order valence-corrected chi connectivity index (χ1v) is 8.72. The SMILES string of the molecule is CC(C)C(NC(=O)CN)C(=O)NC(CCC(=O)O)C(=O)NC(CC(N)=O)C(=O)O. The molecule has 0 aromatic rings. The molecule has 0 spiro atoms. The van der Waals surface area contributed by atoms with Crippen molar-refractivity contribution in [2.75, 3.05) is 6.54 Å². The van der Waals surface area contributed by atoms with Crippen LogP contribution in [0.4, 0.5) is 0 Å². The van der Waals surface area contributed by atoms with E-state index in [1.54, 1.807) is 13.8 Å². The zero-order chi connectivity index (χ0) is 22.7. The van der Waals surface area contributed by atoms with Gasteiger partial charge in [-0.1, -0.05) is 13.8 Å². The average Bonchev–Trinajstić information content (AvgIpc) is 2.60. The molecule has 0 rings (SSSR count). The smallest absolute Gasteiger partial charge is 0.326 e. The molecule has 0 fully saturated rings. The van der Waals surface area contributed by atoms with Crippen molar-refractivity contribution in [1.82, 2.24) is 16.0 Å². The van der Waals surface area contributed by atoms with Crippen molar-refractivity contribution in [3.63, 3.8) is 0 Å². The van der Waals surface area contributed by atoms with Crippen LogP contribution in [0.25, 0.3) is 0 Å². The fourth-order valence-electron chi connectivity index (χ4n) is 2.24. The molecule has 0 aromatic carbocycles. The fourth-order valence-corrected chi connectivity index (χ4v) is 2.24. The van der Waals surface area contributed by atoms with Crippen LogP contribution in [0.3, 0.4) is 0 Å². The van der Waals surface area contributed by atoms with Crippen LogP contribution < -0.4 is 27.4 Å². The molecule has 29 heavy (non-hydrogen) atoms. The molecule has 3 atom stereocenters. The number of aliphatic carboxylic acids is 2. The maximum atomic E-state index is 12.5. The van der Waals surface area contributed by atoms with Crippen molar-refractivity contribution in [2.24, 2.45) is 17.4 Å². The van der Waals surface area contributed by atoms with Gasteiger partial charge in [0, 0.05) is 6.42 Å². The van der Waals surface area contributed by atoms with Gasteiger partial charge in [-0.2, -0.15) is 0 Å². The lowest BCUT2D eigenvalue weighted by Gasteiger charge is -2.25. The summed E-state index contributed by atoms with van der Waals surface area (Å²) in [6.45, 7) is 2.88. The summed E-state index contributed by atoms with van der Waals surface area (Å²) in [5.74, 6) is -6.56. The van der Waals surface area contributed by atoms with Gasteiger partial charge in [-0.3, -0.25) is 24.0 Å². The summed E-state index contributed by atoms with van der Waals surface area (Å²) in [5, 5.41) is 24.6. The Labute approximate surface area is 166 Å². The molecule has 0 heterocycles. The Bertz CT molecular complexity index is 651. The van der Waals surface area contributed by atoms with Crippen molar-refractivity contribution in [2.45, 2.75) is 51.2 Å². The van der Waals surface area contributed by atoms with Gasteiger partial charge < -0.3 is 37.6 Å². The molecule has 4 amide bonds. The van der Waals surface area contributed by atoms with E-state index in [0.29, 0.717) is 0 Å². The number of carboxylic acids is 2. The molecule has 0 aliphatic rings. The molecule has 0 aliphatic carbocycles. The molecule has 0 aromatic heterocycles. The van der Waals surface area contributed by atoms with Crippen molar-refractivity contribution < 1.29 is 39.0 Å². The first kappa shape index (κ1) is 25.8. The normalized spacial score (nSPS) is 13.7. The lowest BCUT2D eigenvalue weighted by Crippen LogP contribution is -2.57. The van der Waals surface area contributed by atoms with E-state index in [1.165, 1.54) is 0 Å². The van der Waals surface area contributed by atoms with Crippen molar-refractivity contribution in [3.8, 4) is 0 Å². The number of carboxylic acid groups (broad SMARTS) is 2. The molecule has 0 saturated heterocycles. The highest BCUT2D eigenvalue weighted by Gasteiger charge is 2.31. The number of carbonyl (C=O) groups is 6. The predicted molar refractivity (Wildman–Crippen MR) is 98.0 cm³/mol. The molecule has 0 bridgehead atoms. The highest BCUT2D eigenvalue weighted by Crippen LogP contribution is 2.06. The van der Waals surface area contributed by atoms with Gasteiger partial charge >= 0.3 is 11.9 Å². The van der Waals surface area contributed by atoms with Gasteiger partial charge in [0.05, 0.1) is 13.0 Å². The van der Waals surface area contributed by atoms with Crippen molar-refractivity contribution >= 4 is 35.6 Å². The maximum Gasteiger partial charge on any atom is 0.326 e. The lowest BCUT2D eigenvalue weighted by molar-refractivity contribution is -0.144. The van der Waals surface area contributed by atoms with Crippen LogP contribution in [0.1, 0.15) is 33.1 Å². The molecule has 13 nitrogen and oxygen atoms in total. The molecule has 0 radical (unpaired) electrons. The second-order valence-corrected chi connectivity index (χ2v) is 6.56. The monoisotopic (exact) mass is 417 g/mol. The quantitative estimate of drug-likeness (QED) is 0.160. The van der Waals surface area contributed by atoms with E-state index in [9.17, 15) is 28.8 Å². The van der Waals surface area contributed by atoms with Gasteiger partial charge in [-0.25, -0.2) is 4.79 Å². The second kappa shape index (κ2) is 12.3. The molecule has 164 valence electrons. The summed E-state index contributed by atoms with van der Waals surface area (Å²) in [4.78, 5) is 69.4. The van der Waals surface area contributed by atoms with Crippen LogP contribution in [-0.4, -0.2) is 70.5 Å². The van der Waals surface area contributed by atoms with Gasteiger partial charge in [0.2, 0.25) is 23.6 Å². The maximum absolute atomic E-state index is 12.5. The molecule has 3 unspecified atom stereocenters. The Morgan fingerprint density at radius 1 is 0.897 bits per heavy atom. The number of nitrogens with two attached hydrogens (primary N) is 2. The minimum absolute atomic E-state index is 0.356. The van der Waals surface area contributed by atoms with E-state index in [4.69, 9.17) is 21.7 Å². The van der Waals surface area contributed by atoms with E-state index in [0.717, 1.165) is 0 Å². The summed E-state index contributed by atoms with van der Waals surface area (Å²) < 4.78 is 0. The van der Waals surface area contributed by atoms with Crippen LogP contribution in [0.5, 0.6) is 0 Å². The van der Waals surface area contributed by atoms with Gasteiger partial charge in [0.1, 0.15) is 18.1 Å². The third-order valence-electron chi connectivity index (χ3n) is 3.75. The van der Waals surface area contributed by atoms with Crippen LogP contribution in [0.15, 0.2) is 0 Å². The number of rotatable bonds is 13. The van der Waals surface area contributed by atoms with Crippen LogP contribution >= 0.6 is 0 Å². The third-order valence-corrected chi connectivity index (χ3v) is 3.75. The molecule has 9 N–H and O–H groups in total. The summed E-state index contributed by atoms with van der Waals surface area (Å²) in [5.41, 5.74) is 10.2. The Hall–Kier alpha value is -3.22. The Balaban J connectivity index is 5.41. The first-order valence-electron chi connectivity index (χ1n) is 8.72. The molecule has 0 aliphatic heterocycles. The summed E-state index contributed by atoms with van der Waals surface area (Å²) in [6.07, 6.45) is -1.55. The number of primary amides is 1. The Morgan fingerprint density at radius 2 is 1.45 bits per heavy atom. The highest BCUT2D eigenvalue weighted by molar-refractivity contribution is 5.94. The number of carbonyl (C=O) groups excluding carboxylic acids is 4. The summed E-state index contributed by atoms with van der Waals surface area (Å²) >= 11 is 0. The number of nitrogens with one attached hydrogen (secondary N) is 3. The lowest BCUT2D eigenvalue weighted by atomic mass is 10.0. The average molecular weight is 417 g/mol. The Morgan fingerprint density at radius 3 is 1.86 bits per heavy atom. The van der Waals surface area contributed by atoms with Gasteiger partial charge in [0.25, 0.3) is 0 Å². The summed E-state index contributed by atoms with van der Waals surface area (Å²) in [6, 6.07) is -4.14. The molecular weight excluding hydrogens is 390 g/mol. The highest BCUT2D eigenvalue weighted by atomic mass is 16.4. The van der Waals surface area contributed by atoms with Crippen molar-refractivity contribution in [3.05, 3.63) is 0 Å². The molecule has 13 heteroatoms. The van der Waals surface area contributed by atoms with Crippen LogP contribution in [-0.2, 0) is 28.8 Å². The van der Waals surface area contributed by atoms with Gasteiger partial charge in [0.15, 0.2) is 0 Å². The number of hydrogen-bond donors (Lipinski definition) is 7. The topological polar surface area (TPSA) is 231 Å². The van der Waals surface area contributed by atoms with E-state index in [-0.39, 0.29) is 13.0 Å². The number of hydrogen-bond acceptors (Lipinski definition) is 7.